The summed E-state index contributed by atoms with van der Waals surface area (Å²) in [6.45, 7) is -1.80. The molecular formula is C5H10N2O5. The normalized spacial score (nSPS) is 40.8. The van der Waals surface area contributed by atoms with Crippen LogP contribution in [0.3, 0.4) is 0 Å². The van der Waals surface area contributed by atoms with Crippen LogP contribution in [0.15, 0.2) is 0 Å². The van der Waals surface area contributed by atoms with E-state index in [-0.39, 0.29) is 0 Å². The number of nitrogens with one attached hydrogen (secondary N) is 2. The summed E-state index contributed by atoms with van der Waals surface area (Å²) in [6.07, 6.45) is 0. The first kappa shape index (κ1) is 9.20. The topological polar surface area (TPSA) is 122 Å². The largest absolute Gasteiger partial charge is 0.391 e. The zero-order chi connectivity index (χ0) is 9.41. The van der Waals surface area contributed by atoms with Crippen LogP contribution in [0.25, 0.3) is 0 Å². The molecule has 0 saturated carbocycles. The number of hydrogen-bond acceptors (Lipinski definition) is 5. The van der Waals surface area contributed by atoms with Crippen LogP contribution in [0.1, 0.15) is 0 Å². The standard InChI is InChI=1S/C5H10N2O5/c8-1-4(11)5(12,2-9)7-3(10)6-4/h8-9,11-12H,1-2H2,(H2,6,7,10). The number of urea groups is 1. The van der Waals surface area contributed by atoms with Crippen molar-refractivity contribution in [3.05, 3.63) is 0 Å². The van der Waals surface area contributed by atoms with Crippen molar-refractivity contribution in [2.24, 2.45) is 0 Å². The van der Waals surface area contributed by atoms with E-state index in [1.54, 1.807) is 0 Å². The van der Waals surface area contributed by atoms with Crippen LogP contribution >= 0.6 is 0 Å². The Morgan fingerprint density at radius 3 is 1.67 bits per heavy atom. The predicted molar refractivity (Wildman–Crippen MR) is 35.7 cm³/mol. The lowest BCUT2D eigenvalue weighted by Gasteiger charge is -2.32. The van der Waals surface area contributed by atoms with E-state index in [9.17, 15) is 15.0 Å². The van der Waals surface area contributed by atoms with Gasteiger partial charge in [0.1, 0.15) is 0 Å². The Kier molecular flexibility index (Phi) is 1.96. The van der Waals surface area contributed by atoms with Crippen LogP contribution in [-0.2, 0) is 0 Å². The summed E-state index contributed by atoms with van der Waals surface area (Å²) in [5.41, 5.74) is -4.47. The average Bonchev–Trinajstić information content (AvgIpc) is 2.25. The third-order valence-electron chi connectivity index (χ3n) is 1.78. The van der Waals surface area contributed by atoms with Gasteiger partial charge in [-0.25, -0.2) is 4.79 Å². The maximum Gasteiger partial charge on any atom is 0.319 e. The molecule has 1 saturated heterocycles. The molecule has 0 spiro atoms. The third-order valence-corrected chi connectivity index (χ3v) is 1.78. The maximum atomic E-state index is 10.6. The Labute approximate surface area is 67.6 Å². The third kappa shape index (κ3) is 1.03. The molecule has 1 aliphatic rings. The molecule has 7 heteroatoms. The maximum absolute atomic E-state index is 10.6. The van der Waals surface area contributed by atoms with E-state index in [1.165, 1.54) is 0 Å². The van der Waals surface area contributed by atoms with Crippen molar-refractivity contribution in [2.75, 3.05) is 13.2 Å². The van der Waals surface area contributed by atoms with Crippen LogP contribution in [0, 0.1) is 0 Å². The summed E-state index contributed by atoms with van der Waals surface area (Å²) in [5, 5.41) is 39.7. The first-order chi connectivity index (χ1) is 5.47. The summed E-state index contributed by atoms with van der Waals surface area (Å²) in [4.78, 5) is 10.6. The van der Waals surface area contributed by atoms with Gasteiger partial charge >= 0.3 is 6.03 Å². The Morgan fingerprint density at radius 2 is 1.42 bits per heavy atom. The lowest BCUT2D eigenvalue weighted by Crippen LogP contribution is -2.64. The van der Waals surface area contributed by atoms with Crippen molar-refractivity contribution in [2.45, 2.75) is 11.4 Å². The molecule has 1 aliphatic heterocycles. The second kappa shape index (κ2) is 2.56. The van der Waals surface area contributed by atoms with Gasteiger partial charge in [0.15, 0.2) is 0 Å². The van der Waals surface area contributed by atoms with Gasteiger partial charge in [0.2, 0.25) is 11.4 Å². The van der Waals surface area contributed by atoms with Gasteiger partial charge in [-0.2, -0.15) is 0 Å². The van der Waals surface area contributed by atoms with Gasteiger partial charge in [-0.05, 0) is 0 Å². The second-order valence-electron chi connectivity index (χ2n) is 2.62. The molecule has 70 valence electrons. The highest BCUT2D eigenvalue weighted by molar-refractivity contribution is 5.78. The molecule has 2 unspecified atom stereocenters. The molecule has 1 fully saturated rings. The van der Waals surface area contributed by atoms with Gasteiger partial charge < -0.3 is 31.1 Å². The fourth-order valence-electron chi connectivity index (χ4n) is 0.954. The van der Waals surface area contributed by atoms with Gasteiger partial charge in [-0.15, -0.1) is 0 Å². The van der Waals surface area contributed by atoms with Crippen molar-refractivity contribution in [3.8, 4) is 0 Å². The minimum absolute atomic E-state index is 0.858. The number of aliphatic hydroxyl groups excluding tert-OH is 2. The Morgan fingerprint density at radius 1 is 1.08 bits per heavy atom. The van der Waals surface area contributed by atoms with Gasteiger partial charge in [0.25, 0.3) is 0 Å². The lowest BCUT2D eigenvalue weighted by molar-refractivity contribution is -0.189. The molecule has 0 aromatic heterocycles. The van der Waals surface area contributed by atoms with Gasteiger partial charge in [0, 0.05) is 0 Å². The molecule has 7 nitrogen and oxygen atoms in total. The molecule has 1 rings (SSSR count). The zero-order valence-corrected chi connectivity index (χ0v) is 6.11. The lowest BCUT2D eigenvalue weighted by atomic mass is 10.0. The summed E-state index contributed by atoms with van der Waals surface area (Å²) < 4.78 is 0. The van der Waals surface area contributed by atoms with Crippen molar-refractivity contribution in [3.63, 3.8) is 0 Å². The van der Waals surface area contributed by atoms with Crippen LogP contribution in [0.2, 0.25) is 0 Å². The summed E-state index contributed by atoms with van der Waals surface area (Å²) in [6, 6.07) is -0.858. The van der Waals surface area contributed by atoms with Gasteiger partial charge in [-0.3, -0.25) is 0 Å². The minimum Gasteiger partial charge on any atom is -0.391 e. The van der Waals surface area contributed by atoms with E-state index in [0.717, 1.165) is 0 Å². The van der Waals surface area contributed by atoms with Crippen molar-refractivity contribution in [1.82, 2.24) is 10.6 Å². The highest BCUT2D eigenvalue weighted by Crippen LogP contribution is 2.20. The molecular weight excluding hydrogens is 168 g/mol. The fourth-order valence-corrected chi connectivity index (χ4v) is 0.954. The number of carbonyl (C=O) groups excluding carboxylic acids is 1. The molecule has 1 heterocycles. The quantitative estimate of drug-likeness (QED) is 0.264. The molecule has 0 aromatic rings. The number of rotatable bonds is 2. The number of aliphatic hydroxyl groups is 4. The second-order valence-corrected chi connectivity index (χ2v) is 2.62. The Bertz CT molecular complexity index is 190. The molecule has 12 heavy (non-hydrogen) atoms. The number of carbonyl (C=O) groups is 1. The number of amides is 2. The minimum atomic E-state index is -2.24. The molecule has 0 aromatic carbocycles. The molecule has 6 N–H and O–H groups in total. The monoisotopic (exact) mass is 178 g/mol. The van der Waals surface area contributed by atoms with E-state index in [4.69, 9.17) is 10.2 Å². The van der Waals surface area contributed by atoms with Crippen LogP contribution in [-0.4, -0.2) is 51.1 Å². The molecule has 0 bridgehead atoms. The van der Waals surface area contributed by atoms with Crippen LogP contribution in [0.5, 0.6) is 0 Å². The van der Waals surface area contributed by atoms with Crippen LogP contribution in [0.4, 0.5) is 4.79 Å². The molecule has 2 amide bonds. The highest BCUT2D eigenvalue weighted by atomic mass is 16.4. The highest BCUT2D eigenvalue weighted by Gasteiger charge is 2.56. The molecule has 0 radical (unpaired) electrons. The summed E-state index contributed by atoms with van der Waals surface area (Å²) in [5.74, 6) is 0. The summed E-state index contributed by atoms with van der Waals surface area (Å²) >= 11 is 0. The zero-order valence-electron chi connectivity index (χ0n) is 6.11. The van der Waals surface area contributed by atoms with Crippen molar-refractivity contribution < 1.29 is 25.2 Å². The summed E-state index contributed by atoms with van der Waals surface area (Å²) in [7, 11) is 0. The van der Waals surface area contributed by atoms with E-state index in [0.29, 0.717) is 0 Å². The Hall–Kier alpha value is -0.890. The van der Waals surface area contributed by atoms with E-state index >= 15 is 0 Å². The van der Waals surface area contributed by atoms with Crippen molar-refractivity contribution in [1.29, 1.82) is 0 Å². The smallest absolute Gasteiger partial charge is 0.319 e. The van der Waals surface area contributed by atoms with Gasteiger partial charge in [-0.1, -0.05) is 0 Å². The molecule has 0 aliphatic carbocycles. The number of hydrogen-bond donors (Lipinski definition) is 6. The van der Waals surface area contributed by atoms with Gasteiger partial charge in [0.05, 0.1) is 13.2 Å². The predicted octanol–water partition coefficient (Wildman–Crippen LogP) is -3.34. The van der Waals surface area contributed by atoms with Crippen molar-refractivity contribution >= 4 is 6.03 Å². The first-order valence-corrected chi connectivity index (χ1v) is 3.24. The molecule has 2 atom stereocenters. The Balaban J connectivity index is 2.93. The van der Waals surface area contributed by atoms with E-state index in [1.807, 2.05) is 10.6 Å². The van der Waals surface area contributed by atoms with E-state index < -0.39 is 30.7 Å². The van der Waals surface area contributed by atoms with Crippen LogP contribution < -0.4 is 10.6 Å². The first-order valence-electron chi connectivity index (χ1n) is 3.24. The fraction of sp³-hybridized carbons (Fsp3) is 0.800. The van der Waals surface area contributed by atoms with E-state index in [2.05, 4.69) is 0 Å². The average molecular weight is 178 g/mol. The SMILES string of the molecule is O=C1NC(O)(CO)C(O)(CO)N1.